The van der Waals surface area contributed by atoms with Gasteiger partial charge in [0, 0.05) is 0 Å². The minimum atomic E-state index is -3.75. The van der Waals surface area contributed by atoms with Crippen LogP contribution in [-0.4, -0.2) is 25.1 Å². The maximum atomic E-state index is 13.4. The molecule has 0 radical (unpaired) electrons. The third-order valence-electron chi connectivity index (χ3n) is 5.03. The lowest BCUT2D eigenvalue weighted by Gasteiger charge is -2.25. The van der Waals surface area contributed by atoms with E-state index in [9.17, 15) is 8.42 Å². The first kappa shape index (κ1) is 18.4. The number of hydrogen-bond donors (Lipinski definition) is 0. The molecule has 4 nitrogen and oxygen atoms in total. The van der Waals surface area contributed by atoms with Crippen molar-refractivity contribution in [2.75, 3.05) is 0 Å². The largest absolute Gasteiger partial charge is 0.279 e. The van der Waals surface area contributed by atoms with E-state index in [1.54, 1.807) is 18.3 Å². The first-order valence-corrected chi connectivity index (χ1v) is 10.7. The van der Waals surface area contributed by atoms with Crippen LogP contribution in [0.2, 0.25) is 0 Å². The van der Waals surface area contributed by atoms with Crippen molar-refractivity contribution in [3.8, 4) is 0 Å². The summed E-state index contributed by atoms with van der Waals surface area (Å²) >= 11 is 0. The summed E-state index contributed by atoms with van der Waals surface area (Å²) in [6.45, 7) is 1.94. The van der Waals surface area contributed by atoms with Crippen molar-refractivity contribution >= 4 is 16.2 Å². The molecule has 0 atom stereocenters. The highest BCUT2D eigenvalue weighted by Crippen LogP contribution is 2.29. The van der Waals surface area contributed by atoms with Crippen molar-refractivity contribution in [2.45, 2.75) is 30.7 Å². The lowest BCUT2D eigenvalue weighted by Crippen LogP contribution is -2.37. The minimum Gasteiger partial charge on any atom is -0.200 e. The Bertz CT molecular complexity index is 1070. The third kappa shape index (κ3) is 3.71. The van der Waals surface area contributed by atoms with E-state index in [1.165, 1.54) is 15.5 Å². The van der Waals surface area contributed by atoms with Crippen LogP contribution in [0.4, 0.5) is 0 Å². The highest BCUT2D eigenvalue weighted by Gasteiger charge is 2.34. The number of fused-ring (bicyclic) bond motifs is 1. The summed E-state index contributed by atoms with van der Waals surface area (Å²) in [6, 6.07) is 24.4. The van der Waals surface area contributed by atoms with Crippen LogP contribution in [-0.2, 0) is 22.9 Å². The predicted octanol–water partition coefficient (Wildman–Crippen LogP) is 4.19. The monoisotopic (exact) mass is 390 g/mol. The van der Waals surface area contributed by atoms with Crippen molar-refractivity contribution in [1.82, 2.24) is 4.41 Å². The minimum absolute atomic E-state index is 0.233. The van der Waals surface area contributed by atoms with E-state index in [-0.39, 0.29) is 10.9 Å². The molecule has 5 heteroatoms. The summed E-state index contributed by atoms with van der Waals surface area (Å²) < 4.78 is 28.1. The summed E-state index contributed by atoms with van der Waals surface area (Å²) in [5.74, 6) is 0. The second-order valence-electron chi connectivity index (χ2n) is 7.08. The highest BCUT2D eigenvalue weighted by molar-refractivity contribution is 7.89. The van der Waals surface area contributed by atoms with Gasteiger partial charge in [0.2, 0.25) is 0 Å². The zero-order chi connectivity index (χ0) is 19.6. The Morgan fingerprint density at radius 3 is 2.04 bits per heavy atom. The zero-order valence-corrected chi connectivity index (χ0v) is 16.5. The average molecular weight is 391 g/mol. The second-order valence-corrected chi connectivity index (χ2v) is 8.87. The molecule has 0 aliphatic heterocycles. The molecule has 0 spiro atoms. The zero-order valence-electron chi connectivity index (χ0n) is 15.7. The van der Waals surface area contributed by atoms with Crippen LogP contribution in [0.5, 0.6) is 0 Å². The van der Waals surface area contributed by atoms with Gasteiger partial charge in [0.25, 0.3) is 10.0 Å². The summed E-state index contributed by atoms with van der Waals surface area (Å²) in [5, 5.41) is 4.45. The van der Waals surface area contributed by atoms with Crippen LogP contribution in [0, 0.1) is 6.92 Å². The van der Waals surface area contributed by atoms with Crippen LogP contribution in [0.15, 0.2) is 88.9 Å². The van der Waals surface area contributed by atoms with Gasteiger partial charge >= 0.3 is 0 Å². The molecule has 0 saturated heterocycles. The van der Waals surface area contributed by atoms with Gasteiger partial charge in [-0.25, -0.2) is 0 Å². The smallest absolute Gasteiger partial charge is 0.200 e. The van der Waals surface area contributed by atoms with Crippen LogP contribution in [0.25, 0.3) is 0 Å². The van der Waals surface area contributed by atoms with E-state index in [1.807, 2.05) is 61.5 Å². The van der Waals surface area contributed by atoms with Crippen LogP contribution >= 0.6 is 0 Å². The number of sulfonamides is 1. The fraction of sp³-hybridized carbons (Fsp3) is 0.174. The van der Waals surface area contributed by atoms with Crippen molar-refractivity contribution in [3.63, 3.8) is 0 Å². The van der Waals surface area contributed by atoms with E-state index in [0.717, 1.165) is 11.1 Å². The second kappa shape index (κ2) is 7.60. The summed E-state index contributed by atoms with van der Waals surface area (Å²) in [5.41, 5.74) is 4.26. The molecule has 142 valence electrons. The Hall–Kier alpha value is -2.92. The number of hydrazone groups is 1. The molecule has 1 aliphatic carbocycles. The summed E-state index contributed by atoms with van der Waals surface area (Å²) in [4.78, 5) is 0.263. The average Bonchev–Trinajstić information content (AvgIpc) is 3.13. The molecule has 0 heterocycles. The normalized spacial score (nSPS) is 14.3. The number of benzene rings is 3. The van der Waals surface area contributed by atoms with Crippen LogP contribution in [0.3, 0.4) is 0 Å². The van der Waals surface area contributed by atoms with Gasteiger partial charge in [-0.15, -0.1) is 0 Å². The topological polar surface area (TPSA) is 49.7 Å². The SMILES string of the molecule is Cc1ccc(S(=O)(=O)N(/N=C/c2ccccc2)C2Cc3ccccc3C2)cc1. The molecule has 3 aromatic rings. The van der Waals surface area contributed by atoms with Crippen molar-refractivity contribution < 1.29 is 8.42 Å². The first-order chi connectivity index (χ1) is 13.5. The van der Waals surface area contributed by atoms with Gasteiger partial charge in [0.05, 0.1) is 17.2 Å². The molecular formula is C23H22N2O2S. The molecule has 0 N–H and O–H groups in total. The molecule has 0 saturated carbocycles. The molecule has 1 aliphatic rings. The molecular weight excluding hydrogens is 368 g/mol. The van der Waals surface area contributed by atoms with Gasteiger partial charge < -0.3 is 0 Å². The molecule has 28 heavy (non-hydrogen) atoms. The first-order valence-electron chi connectivity index (χ1n) is 9.31. The maximum Gasteiger partial charge on any atom is 0.279 e. The Balaban J connectivity index is 1.71. The van der Waals surface area contributed by atoms with Crippen LogP contribution in [0.1, 0.15) is 22.3 Å². The fourth-order valence-corrected chi connectivity index (χ4v) is 4.93. The molecule has 4 rings (SSSR count). The van der Waals surface area contributed by atoms with Gasteiger partial charge in [0.15, 0.2) is 0 Å². The van der Waals surface area contributed by atoms with Gasteiger partial charge in [-0.05, 0) is 48.6 Å². The molecule has 3 aromatic carbocycles. The number of rotatable bonds is 5. The standard InChI is InChI=1S/C23H22N2O2S/c1-18-11-13-23(14-12-18)28(26,27)25(24-17-19-7-3-2-4-8-19)22-15-20-9-5-6-10-21(20)16-22/h2-14,17,22H,15-16H2,1H3/b24-17+. The lowest BCUT2D eigenvalue weighted by molar-refractivity contribution is 0.342. The van der Waals surface area contributed by atoms with E-state index in [0.29, 0.717) is 12.8 Å². The quantitative estimate of drug-likeness (QED) is 0.485. The van der Waals surface area contributed by atoms with E-state index < -0.39 is 10.0 Å². The number of hydrogen-bond acceptors (Lipinski definition) is 3. The molecule has 0 unspecified atom stereocenters. The van der Waals surface area contributed by atoms with Gasteiger partial charge in [-0.1, -0.05) is 72.3 Å². The number of nitrogens with zero attached hydrogens (tertiary/aromatic N) is 2. The van der Waals surface area contributed by atoms with Crippen molar-refractivity contribution in [1.29, 1.82) is 0 Å². The van der Waals surface area contributed by atoms with E-state index >= 15 is 0 Å². The highest BCUT2D eigenvalue weighted by atomic mass is 32.2. The summed E-state index contributed by atoms with van der Waals surface area (Å²) in [6.07, 6.45) is 2.94. The molecule has 0 aromatic heterocycles. The van der Waals surface area contributed by atoms with Gasteiger partial charge in [0.1, 0.15) is 0 Å². The Morgan fingerprint density at radius 2 is 1.43 bits per heavy atom. The van der Waals surface area contributed by atoms with E-state index in [2.05, 4.69) is 17.2 Å². The van der Waals surface area contributed by atoms with Crippen LogP contribution < -0.4 is 0 Å². The molecule has 0 bridgehead atoms. The third-order valence-corrected chi connectivity index (χ3v) is 6.78. The maximum absolute atomic E-state index is 13.4. The molecule has 0 fully saturated rings. The van der Waals surface area contributed by atoms with E-state index in [4.69, 9.17) is 0 Å². The number of aryl methyl sites for hydroxylation is 1. The fourth-order valence-electron chi connectivity index (χ4n) is 3.53. The van der Waals surface area contributed by atoms with Gasteiger partial charge in [-0.2, -0.15) is 17.9 Å². The van der Waals surface area contributed by atoms with Crippen molar-refractivity contribution in [2.24, 2.45) is 5.10 Å². The molecule has 0 amide bonds. The van der Waals surface area contributed by atoms with Crippen molar-refractivity contribution in [3.05, 3.63) is 101 Å². The Kier molecular flexibility index (Phi) is 5.01. The van der Waals surface area contributed by atoms with Gasteiger partial charge in [-0.3, -0.25) is 0 Å². The predicted molar refractivity (Wildman–Crippen MR) is 112 cm³/mol. The lowest BCUT2D eigenvalue weighted by atomic mass is 10.1. The summed E-state index contributed by atoms with van der Waals surface area (Å²) in [7, 11) is -3.75. The Labute approximate surface area is 166 Å². The Morgan fingerprint density at radius 1 is 0.857 bits per heavy atom.